The van der Waals surface area contributed by atoms with Gasteiger partial charge in [-0.1, -0.05) is 70.4 Å². The summed E-state index contributed by atoms with van der Waals surface area (Å²) in [4.78, 5) is 6.99. The Bertz CT molecular complexity index is 349. The highest BCUT2D eigenvalue weighted by molar-refractivity contribution is 5.83. The van der Waals surface area contributed by atoms with Crippen LogP contribution in [0.2, 0.25) is 0 Å². The highest BCUT2D eigenvalue weighted by atomic mass is 15.2. The molecule has 0 atom stereocenters. The third kappa shape index (κ3) is 12.2. The molecule has 0 saturated heterocycles. The Morgan fingerprint density at radius 1 is 0.880 bits per heavy atom. The number of allylic oxidation sites excluding steroid dienone is 2. The molecular weight excluding hydrogens is 306 g/mol. The van der Waals surface area contributed by atoms with Crippen molar-refractivity contribution >= 4 is 5.84 Å². The zero-order valence-electron chi connectivity index (χ0n) is 16.9. The minimum Gasteiger partial charge on any atom is -0.357 e. The summed E-state index contributed by atoms with van der Waals surface area (Å²) in [5.41, 5.74) is 5.65. The van der Waals surface area contributed by atoms with E-state index in [9.17, 15) is 0 Å². The van der Waals surface area contributed by atoms with Crippen molar-refractivity contribution in [1.29, 1.82) is 0 Å². The van der Waals surface area contributed by atoms with Crippen LogP contribution in [0.3, 0.4) is 0 Å². The van der Waals surface area contributed by atoms with Crippen molar-refractivity contribution in [1.82, 2.24) is 4.90 Å². The minimum absolute atomic E-state index is 0.742. The fraction of sp³-hybridized carbons (Fsp3) is 0.864. The maximum atomic E-state index is 5.65. The van der Waals surface area contributed by atoms with E-state index in [0.29, 0.717) is 0 Å². The normalized spacial score (nSPS) is 14.6. The lowest BCUT2D eigenvalue weighted by atomic mass is 10.1. The lowest BCUT2D eigenvalue weighted by Crippen LogP contribution is -2.32. The second-order valence-electron chi connectivity index (χ2n) is 7.41. The Morgan fingerprint density at radius 2 is 1.48 bits per heavy atom. The molecule has 0 aromatic rings. The zero-order valence-corrected chi connectivity index (χ0v) is 16.9. The summed E-state index contributed by atoms with van der Waals surface area (Å²) in [5, 5.41) is 0. The Labute approximate surface area is 157 Å². The van der Waals surface area contributed by atoms with Crippen LogP contribution in [0.15, 0.2) is 17.1 Å². The van der Waals surface area contributed by atoms with Crippen molar-refractivity contribution in [2.75, 3.05) is 26.2 Å². The highest BCUT2D eigenvalue weighted by Crippen LogP contribution is 2.13. The van der Waals surface area contributed by atoms with Gasteiger partial charge in [0.15, 0.2) is 0 Å². The third-order valence-electron chi connectivity index (χ3n) is 5.09. The molecule has 0 fully saturated rings. The summed E-state index contributed by atoms with van der Waals surface area (Å²) < 4.78 is 0. The first-order valence-corrected chi connectivity index (χ1v) is 11.0. The second kappa shape index (κ2) is 16.6. The third-order valence-corrected chi connectivity index (χ3v) is 5.09. The van der Waals surface area contributed by atoms with Crippen molar-refractivity contribution in [3.05, 3.63) is 12.2 Å². The van der Waals surface area contributed by atoms with Crippen LogP contribution in [-0.4, -0.2) is 36.9 Å². The molecule has 25 heavy (non-hydrogen) atoms. The minimum atomic E-state index is 0.742. The number of amidine groups is 1. The number of aliphatic imine (C=N–C) groups is 1. The molecule has 0 aromatic carbocycles. The fourth-order valence-electron chi connectivity index (χ4n) is 3.52. The number of hydrogen-bond acceptors (Lipinski definition) is 3. The number of unbranched alkanes of at least 4 members (excludes halogenated alkanes) is 11. The molecule has 1 aliphatic rings. The molecular formula is C22H43N3. The van der Waals surface area contributed by atoms with Gasteiger partial charge in [-0.25, -0.2) is 0 Å². The first-order valence-electron chi connectivity index (χ1n) is 11.0. The predicted octanol–water partition coefficient (Wildman–Crippen LogP) is 5.70. The van der Waals surface area contributed by atoms with Gasteiger partial charge >= 0.3 is 0 Å². The van der Waals surface area contributed by atoms with Gasteiger partial charge < -0.3 is 10.6 Å². The molecule has 0 amide bonds. The maximum Gasteiger partial charge on any atom is 0.0990 e. The smallest absolute Gasteiger partial charge is 0.0990 e. The largest absolute Gasteiger partial charge is 0.357 e. The van der Waals surface area contributed by atoms with E-state index in [2.05, 4.69) is 29.0 Å². The van der Waals surface area contributed by atoms with Crippen LogP contribution in [0.1, 0.15) is 96.8 Å². The molecule has 146 valence electrons. The van der Waals surface area contributed by atoms with Gasteiger partial charge in [-0.3, -0.25) is 4.99 Å². The van der Waals surface area contributed by atoms with Gasteiger partial charge in [-0.05, 0) is 32.1 Å². The SMILES string of the molecule is CCCCCCC/C=C/CCCCCCCCC1=NCCN1CCN. The first-order chi connectivity index (χ1) is 12.4. The van der Waals surface area contributed by atoms with Gasteiger partial charge in [0, 0.05) is 26.1 Å². The van der Waals surface area contributed by atoms with E-state index < -0.39 is 0 Å². The molecule has 3 heteroatoms. The molecule has 1 aliphatic heterocycles. The molecule has 0 aliphatic carbocycles. The van der Waals surface area contributed by atoms with Crippen LogP contribution < -0.4 is 5.73 Å². The summed E-state index contributed by atoms with van der Waals surface area (Å²) in [6, 6.07) is 0. The van der Waals surface area contributed by atoms with Gasteiger partial charge in [0.2, 0.25) is 0 Å². The molecule has 0 unspecified atom stereocenters. The van der Waals surface area contributed by atoms with Crippen LogP contribution in [0, 0.1) is 0 Å². The highest BCUT2D eigenvalue weighted by Gasteiger charge is 2.14. The van der Waals surface area contributed by atoms with Gasteiger partial charge in [0.1, 0.15) is 0 Å². The molecule has 0 saturated carbocycles. The van der Waals surface area contributed by atoms with Crippen LogP contribution in [0.5, 0.6) is 0 Å². The number of hydrogen-bond donors (Lipinski definition) is 1. The van der Waals surface area contributed by atoms with E-state index in [1.165, 1.54) is 89.3 Å². The van der Waals surface area contributed by atoms with E-state index >= 15 is 0 Å². The zero-order chi connectivity index (χ0) is 18.0. The lowest BCUT2D eigenvalue weighted by Gasteiger charge is -2.19. The molecule has 0 spiro atoms. The van der Waals surface area contributed by atoms with Gasteiger partial charge in [-0.15, -0.1) is 0 Å². The topological polar surface area (TPSA) is 41.6 Å². The van der Waals surface area contributed by atoms with Crippen LogP contribution >= 0.6 is 0 Å². The summed E-state index contributed by atoms with van der Waals surface area (Å²) in [7, 11) is 0. The van der Waals surface area contributed by atoms with E-state index in [4.69, 9.17) is 5.73 Å². The van der Waals surface area contributed by atoms with Crippen molar-refractivity contribution in [2.45, 2.75) is 96.8 Å². The van der Waals surface area contributed by atoms with Crippen molar-refractivity contribution < 1.29 is 0 Å². The Kier molecular flexibility index (Phi) is 14.8. The molecule has 0 aromatic heterocycles. The summed E-state index contributed by atoms with van der Waals surface area (Å²) >= 11 is 0. The van der Waals surface area contributed by atoms with Crippen molar-refractivity contribution in [2.24, 2.45) is 10.7 Å². The first kappa shape index (κ1) is 22.2. The number of rotatable bonds is 17. The average Bonchev–Trinajstić information content (AvgIpc) is 3.06. The molecule has 0 bridgehead atoms. The molecule has 2 N–H and O–H groups in total. The van der Waals surface area contributed by atoms with Crippen LogP contribution in [0.25, 0.3) is 0 Å². The van der Waals surface area contributed by atoms with E-state index in [1.54, 1.807) is 0 Å². The Hall–Kier alpha value is -0.830. The van der Waals surface area contributed by atoms with Crippen LogP contribution in [-0.2, 0) is 0 Å². The summed E-state index contributed by atoms with van der Waals surface area (Å²) in [6.45, 7) is 6.05. The van der Waals surface area contributed by atoms with E-state index in [-0.39, 0.29) is 0 Å². The molecule has 1 heterocycles. The summed E-state index contributed by atoms with van der Waals surface area (Å²) in [5.74, 6) is 1.31. The molecule has 1 rings (SSSR count). The molecule has 3 nitrogen and oxygen atoms in total. The van der Waals surface area contributed by atoms with Gasteiger partial charge in [0.25, 0.3) is 0 Å². The van der Waals surface area contributed by atoms with E-state index in [1.807, 2.05) is 0 Å². The Balaban J connectivity index is 1.81. The van der Waals surface area contributed by atoms with Crippen molar-refractivity contribution in [3.8, 4) is 0 Å². The van der Waals surface area contributed by atoms with Crippen LogP contribution in [0.4, 0.5) is 0 Å². The van der Waals surface area contributed by atoms with Gasteiger partial charge in [0.05, 0.1) is 12.4 Å². The van der Waals surface area contributed by atoms with Gasteiger partial charge in [-0.2, -0.15) is 0 Å². The quantitative estimate of drug-likeness (QED) is 0.270. The molecule has 0 radical (unpaired) electrons. The van der Waals surface area contributed by atoms with E-state index in [0.717, 1.165) is 32.6 Å². The Morgan fingerprint density at radius 3 is 2.12 bits per heavy atom. The standard InChI is InChI=1S/C22H43N3/c1-2-3-4-5-6-7-8-9-10-11-12-13-14-15-16-17-22-24-19-21-25(22)20-18-23/h8-9H,2-7,10-21,23H2,1H3/b9-8+. The monoisotopic (exact) mass is 349 g/mol. The summed E-state index contributed by atoms with van der Waals surface area (Å²) in [6.07, 6.45) is 23.7. The number of nitrogens with two attached hydrogens (primary N) is 1. The fourth-order valence-corrected chi connectivity index (χ4v) is 3.52. The average molecular weight is 350 g/mol. The maximum absolute atomic E-state index is 5.65. The number of nitrogens with zero attached hydrogens (tertiary/aromatic N) is 2. The predicted molar refractivity (Wildman–Crippen MR) is 112 cm³/mol. The lowest BCUT2D eigenvalue weighted by molar-refractivity contribution is 0.456. The van der Waals surface area contributed by atoms with Crippen molar-refractivity contribution in [3.63, 3.8) is 0 Å². The second-order valence-corrected chi connectivity index (χ2v) is 7.41.